The molecule has 2 aromatic rings. The van der Waals surface area contributed by atoms with Gasteiger partial charge in [-0.05, 0) is 23.6 Å². The van der Waals surface area contributed by atoms with Gasteiger partial charge in [0.2, 0.25) is 5.91 Å². The molecule has 0 aliphatic rings. The lowest BCUT2D eigenvalue weighted by atomic mass is 10.1. The highest BCUT2D eigenvalue weighted by Crippen LogP contribution is 2.04. The zero-order chi connectivity index (χ0) is 12.8. The van der Waals surface area contributed by atoms with Crippen molar-refractivity contribution < 1.29 is 4.79 Å². The van der Waals surface area contributed by atoms with E-state index in [4.69, 9.17) is 5.84 Å². The zero-order valence-electron chi connectivity index (χ0n) is 10.4. The molecule has 0 saturated heterocycles. The predicted octanol–water partition coefficient (Wildman–Crippen LogP) is 1.19. The van der Waals surface area contributed by atoms with Crippen LogP contribution >= 0.6 is 24.8 Å². The Balaban J connectivity index is 0.00000180. The molecule has 0 radical (unpaired) electrons. The van der Waals surface area contributed by atoms with Crippen molar-refractivity contribution in [3.05, 3.63) is 53.6 Å². The van der Waals surface area contributed by atoms with E-state index in [0.29, 0.717) is 5.82 Å². The fraction of sp³-hybridized carbons (Fsp3) is 0.0769. The van der Waals surface area contributed by atoms with E-state index in [-0.39, 0.29) is 37.1 Å². The van der Waals surface area contributed by atoms with E-state index < -0.39 is 0 Å². The van der Waals surface area contributed by atoms with Crippen LogP contribution in [0.15, 0.2) is 36.7 Å². The summed E-state index contributed by atoms with van der Waals surface area (Å²) in [6.45, 7) is 0. The second-order valence-electron chi connectivity index (χ2n) is 3.63. The first-order valence-corrected chi connectivity index (χ1v) is 5.38. The molecule has 0 spiro atoms. The smallest absolute Gasteiger partial charge is 0.238 e. The molecule has 0 unspecified atom stereocenters. The Morgan fingerprint density at radius 1 is 1.25 bits per heavy atom. The average molecular weight is 313 g/mol. The van der Waals surface area contributed by atoms with E-state index in [1.165, 1.54) is 0 Å². The number of carbonyl (C=O) groups is 1. The number of aromatic nitrogens is 2. The van der Waals surface area contributed by atoms with Gasteiger partial charge in [0.15, 0.2) is 5.82 Å². The molecule has 2 rings (SSSR count). The van der Waals surface area contributed by atoms with E-state index in [1.807, 2.05) is 24.3 Å². The fourth-order valence-corrected chi connectivity index (χ4v) is 1.41. The molecule has 7 heteroatoms. The fourth-order valence-electron chi connectivity index (χ4n) is 1.41. The van der Waals surface area contributed by atoms with E-state index >= 15 is 0 Å². The van der Waals surface area contributed by atoms with Crippen LogP contribution in [0.25, 0.3) is 0 Å². The van der Waals surface area contributed by atoms with Gasteiger partial charge >= 0.3 is 0 Å². The first-order chi connectivity index (χ1) is 8.78. The van der Waals surface area contributed by atoms with Gasteiger partial charge in [0.25, 0.3) is 0 Å². The summed E-state index contributed by atoms with van der Waals surface area (Å²) in [6.07, 6.45) is 3.64. The number of hydrazine groups is 1. The Morgan fingerprint density at radius 2 is 1.95 bits per heavy atom. The number of H-pyrrole nitrogens is 1. The number of carbonyl (C=O) groups excluding carboxylic acids is 1. The van der Waals surface area contributed by atoms with Crippen LogP contribution in [0.2, 0.25) is 0 Å². The van der Waals surface area contributed by atoms with E-state index in [9.17, 15) is 4.79 Å². The van der Waals surface area contributed by atoms with Crippen LogP contribution in [0.3, 0.4) is 0 Å². The van der Waals surface area contributed by atoms with Crippen LogP contribution in [0, 0.1) is 11.8 Å². The van der Waals surface area contributed by atoms with Gasteiger partial charge in [-0.25, -0.2) is 10.8 Å². The third kappa shape index (κ3) is 5.33. The summed E-state index contributed by atoms with van der Waals surface area (Å²) in [5.41, 5.74) is 3.85. The Morgan fingerprint density at radius 3 is 2.50 bits per heavy atom. The molecule has 1 amide bonds. The first kappa shape index (κ1) is 18.0. The molecule has 20 heavy (non-hydrogen) atoms. The zero-order valence-corrected chi connectivity index (χ0v) is 12.1. The number of imidazole rings is 1. The summed E-state index contributed by atoms with van der Waals surface area (Å²) in [4.78, 5) is 18.0. The van der Waals surface area contributed by atoms with Gasteiger partial charge in [0, 0.05) is 18.0 Å². The molecule has 0 atom stereocenters. The van der Waals surface area contributed by atoms with Gasteiger partial charge in [0.05, 0.1) is 6.42 Å². The molecule has 0 saturated carbocycles. The van der Waals surface area contributed by atoms with Crippen LogP contribution in [-0.4, -0.2) is 15.9 Å². The molecule has 0 aliphatic carbocycles. The highest BCUT2D eigenvalue weighted by atomic mass is 35.5. The van der Waals surface area contributed by atoms with Gasteiger partial charge in [0.1, 0.15) is 0 Å². The molecule has 5 nitrogen and oxygen atoms in total. The molecular weight excluding hydrogens is 299 g/mol. The van der Waals surface area contributed by atoms with Crippen molar-refractivity contribution in [1.29, 1.82) is 0 Å². The van der Waals surface area contributed by atoms with E-state index in [0.717, 1.165) is 11.1 Å². The molecule has 1 aromatic carbocycles. The number of benzene rings is 1. The van der Waals surface area contributed by atoms with Crippen molar-refractivity contribution in [2.24, 2.45) is 5.84 Å². The standard InChI is InChI=1S/C13H12N4O.2ClH/c14-17-13(18)9-11-3-1-10(2-4-11)5-6-12-15-7-8-16-12;;/h1-4,7-8H,9,14H2,(H,15,16)(H,17,18);2*1H. The summed E-state index contributed by atoms with van der Waals surface area (Å²) < 4.78 is 0. The quantitative estimate of drug-likeness (QED) is 0.337. The normalized spacial score (nSPS) is 8.45. The van der Waals surface area contributed by atoms with Crippen molar-refractivity contribution in [3.8, 4) is 11.8 Å². The number of hydrogen-bond donors (Lipinski definition) is 3. The Bertz CT molecular complexity index is 585. The minimum absolute atomic E-state index is 0. The lowest BCUT2D eigenvalue weighted by Gasteiger charge is -1.99. The van der Waals surface area contributed by atoms with E-state index in [2.05, 4.69) is 27.2 Å². The van der Waals surface area contributed by atoms with Crippen LogP contribution in [0.5, 0.6) is 0 Å². The van der Waals surface area contributed by atoms with Crippen LogP contribution in [0.1, 0.15) is 17.0 Å². The Labute approximate surface area is 129 Å². The number of nitrogens with two attached hydrogens (primary N) is 1. The van der Waals surface area contributed by atoms with Crippen LogP contribution in [-0.2, 0) is 11.2 Å². The maximum Gasteiger partial charge on any atom is 0.238 e. The monoisotopic (exact) mass is 312 g/mol. The molecule has 0 fully saturated rings. The van der Waals surface area contributed by atoms with Gasteiger partial charge in [-0.1, -0.05) is 18.1 Å². The molecular formula is C13H14Cl2N4O. The third-order valence-corrected chi connectivity index (χ3v) is 2.30. The number of rotatable bonds is 2. The molecule has 4 N–H and O–H groups in total. The highest BCUT2D eigenvalue weighted by molar-refractivity contribution is 5.85. The van der Waals surface area contributed by atoms with Crippen LogP contribution < -0.4 is 11.3 Å². The second-order valence-corrected chi connectivity index (χ2v) is 3.63. The number of nitrogens with one attached hydrogen (secondary N) is 2. The number of amides is 1. The van der Waals surface area contributed by atoms with Crippen molar-refractivity contribution in [2.75, 3.05) is 0 Å². The molecule has 0 bridgehead atoms. The maximum absolute atomic E-state index is 11.1. The maximum atomic E-state index is 11.1. The molecule has 1 heterocycles. The number of aromatic amines is 1. The van der Waals surface area contributed by atoms with Gasteiger partial charge in [-0.3, -0.25) is 10.2 Å². The Hall–Kier alpha value is -2.00. The summed E-state index contributed by atoms with van der Waals surface area (Å²) in [7, 11) is 0. The van der Waals surface area contributed by atoms with Crippen molar-refractivity contribution in [1.82, 2.24) is 15.4 Å². The van der Waals surface area contributed by atoms with E-state index in [1.54, 1.807) is 12.4 Å². The van der Waals surface area contributed by atoms with Crippen molar-refractivity contribution >= 4 is 30.7 Å². The van der Waals surface area contributed by atoms with Gasteiger partial charge in [-0.2, -0.15) is 0 Å². The summed E-state index contributed by atoms with van der Waals surface area (Å²) in [6, 6.07) is 7.41. The van der Waals surface area contributed by atoms with Gasteiger partial charge in [-0.15, -0.1) is 24.8 Å². The minimum Gasteiger partial charge on any atom is -0.338 e. The topological polar surface area (TPSA) is 83.8 Å². The summed E-state index contributed by atoms with van der Waals surface area (Å²) in [5.74, 6) is 11.3. The van der Waals surface area contributed by atoms with Crippen LogP contribution in [0.4, 0.5) is 0 Å². The summed E-state index contributed by atoms with van der Waals surface area (Å²) in [5, 5.41) is 0. The third-order valence-electron chi connectivity index (χ3n) is 2.30. The lowest BCUT2D eigenvalue weighted by molar-refractivity contribution is -0.120. The first-order valence-electron chi connectivity index (χ1n) is 5.38. The molecule has 106 valence electrons. The Kier molecular flexibility index (Phi) is 8.09. The second kappa shape index (κ2) is 8.99. The molecule has 0 aliphatic heterocycles. The predicted molar refractivity (Wildman–Crippen MR) is 81.5 cm³/mol. The SMILES string of the molecule is Cl.Cl.NNC(=O)Cc1ccc(C#Cc2ncc[nH]2)cc1. The average Bonchev–Trinajstić information content (AvgIpc) is 2.91. The van der Waals surface area contributed by atoms with Crippen molar-refractivity contribution in [2.45, 2.75) is 6.42 Å². The van der Waals surface area contributed by atoms with Crippen molar-refractivity contribution in [3.63, 3.8) is 0 Å². The number of halogens is 2. The van der Waals surface area contributed by atoms with Gasteiger partial charge < -0.3 is 4.98 Å². The lowest BCUT2D eigenvalue weighted by Crippen LogP contribution is -2.31. The number of hydrogen-bond acceptors (Lipinski definition) is 3. The minimum atomic E-state index is -0.218. The molecule has 1 aromatic heterocycles. The number of nitrogens with zero attached hydrogens (tertiary/aromatic N) is 1. The highest BCUT2D eigenvalue weighted by Gasteiger charge is 2.00. The largest absolute Gasteiger partial charge is 0.338 e. The summed E-state index contributed by atoms with van der Waals surface area (Å²) >= 11 is 0.